The summed E-state index contributed by atoms with van der Waals surface area (Å²) >= 11 is 2.94. The monoisotopic (exact) mass is 435 g/mol. The standard InChI is InChI=1S/C16H13BrF3NO3S/c17-11-5-6-15(13(8-11)16(18,19)20)25(22,23)21-12-7-10-3-1-2-4-14(10)24-9-12/h1-6,8,12,21H,7,9H2/t12-/m0/s1. The van der Waals surface area contributed by atoms with Crippen molar-refractivity contribution in [3.63, 3.8) is 0 Å². The van der Waals surface area contributed by atoms with Gasteiger partial charge < -0.3 is 4.74 Å². The minimum atomic E-state index is -4.79. The average Bonchev–Trinajstić information content (AvgIpc) is 2.53. The number of nitrogens with one attached hydrogen (secondary N) is 1. The molecule has 134 valence electrons. The Kier molecular flexibility index (Phi) is 4.82. The van der Waals surface area contributed by atoms with Crippen LogP contribution in [0.15, 0.2) is 51.8 Å². The number of ether oxygens (including phenoxy) is 1. The maximum atomic E-state index is 13.2. The highest BCUT2D eigenvalue weighted by Crippen LogP contribution is 2.36. The second kappa shape index (κ2) is 6.62. The van der Waals surface area contributed by atoms with Crippen molar-refractivity contribution in [1.82, 2.24) is 4.72 Å². The Morgan fingerprint density at radius 1 is 1.16 bits per heavy atom. The molecule has 0 aromatic heterocycles. The van der Waals surface area contributed by atoms with Gasteiger partial charge in [-0.2, -0.15) is 13.2 Å². The fraction of sp³-hybridized carbons (Fsp3) is 0.250. The summed E-state index contributed by atoms with van der Waals surface area (Å²) in [6, 6.07) is 9.43. The van der Waals surface area contributed by atoms with Crippen LogP contribution in [0.2, 0.25) is 0 Å². The Morgan fingerprint density at radius 2 is 1.88 bits per heavy atom. The number of rotatable bonds is 3. The number of sulfonamides is 1. The van der Waals surface area contributed by atoms with Gasteiger partial charge in [0.05, 0.1) is 16.5 Å². The summed E-state index contributed by atoms with van der Waals surface area (Å²) in [5.74, 6) is 0.651. The highest BCUT2D eigenvalue weighted by molar-refractivity contribution is 9.10. The molecule has 0 saturated heterocycles. The van der Waals surface area contributed by atoms with E-state index in [1.54, 1.807) is 24.3 Å². The zero-order chi connectivity index (χ0) is 18.2. The molecule has 2 aromatic rings. The predicted molar refractivity (Wildman–Crippen MR) is 88.9 cm³/mol. The summed E-state index contributed by atoms with van der Waals surface area (Å²) in [6.07, 6.45) is -4.45. The Bertz CT molecular complexity index is 900. The van der Waals surface area contributed by atoms with E-state index in [4.69, 9.17) is 4.74 Å². The van der Waals surface area contributed by atoms with Gasteiger partial charge in [-0.25, -0.2) is 13.1 Å². The van der Waals surface area contributed by atoms with E-state index in [9.17, 15) is 21.6 Å². The number of hydrogen-bond acceptors (Lipinski definition) is 3. The lowest BCUT2D eigenvalue weighted by Gasteiger charge is -2.26. The first-order valence-electron chi connectivity index (χ1n) is 7.26. The molecule has 0 amide bonds. The number of fused-ring (bicyclic) bond motifs is 1. The van der Waals surface area contributed by atoms with Crippen LogP contribution in [0.1, 0.15) is 11.1 Å². The molecular weight excluding hydrogens is 423 g/mol. The number of para-hydroxylation sites is 1. The van der Waals surface area contributed by atoms with Gasteiger partial charge >= 0.3 is 6.18 Å². The third-order valence-corrected chi connectivity index (χ3v) is 5.81. The van der Waals surface area contributed by atoms with Crippen LogP contribution in [0.3, 0.4) is 0 Å². The van der Waals surface area contributed by atoms with Gasteiger partial charge in [0.2, 0.25) is 10.0 Å². The maximum absolute atomic E-state index is 13.2. The lowest BCUT2D eigenvalue weighted by atomic mass is 10.0. The van der Waals surface area contributed by atoms with Crippen molar-refractivity contribution in [3.8, 4) is 5.75 Å². The minimum absolute atomic E-state index is 0.0497. The van der Waals surface area contributed by atoms with Crippen molar-refractivity contribution in [1.29, 1.82) is 0 Å². The summed E-state index contributed by atoms with van der Waals surface area (Å²) in [4.78, 5) is -0.804. The summed E-state index contributed by atoms with van der Waals surface area (Å²) in [5.41, 5.74) is -0.417. The van der Waals surface area contributed by atoms with E-state index in [0.29, 0.717) is 12.2 Å². The van der Waals surface area contributed by atoms with Crippen LogP contribution in [0.4, 0.5) is 13.2 Å². The van der Waals surface area contributed by atoms with E-state index < -0.39 is 32.7 Å². The van der Waals surface area contributed by atoms with Crippen LogP contribution >= 0.6 is 15.9 Å². The van der Waals surface area contributed by atoms with E-state index in [1.165, 1.54) is 6.07 Å². The predicted octanol–water partition coefficient (Wildman–Crippen LogP) is 3.75. The molecule has 25 heavy (non-hydrogen) atoms. The fourth-order valence-corrected chi connectivity index (χ4v) is 4.43. The molecule has 4 nitrogen and oxygen atoms in total. The third-order valence-electron chi connectivity index (χ3n) is 3.74. The van der Waals surface area contributed by atoms with Crippen molar-refractivity contribution in [2.75, 3.05) is 6.61 Å². The van der Waals surface area contributed by atoms with Gasteiger partial charge in [0, 0.05) is 4.47 Å². The number of hydrogen-bond donors (Lipinski definition) is 1. The normalized spacial score (nSPS) is 17.7. The highest BCUT2D eigenvalue weighted by Gasteiger charge is 2.38. The molecule has 3 rings (SSSR count). The summed E-state index contributed by atoms with van der Waals surface area (Å²) in [6.45, 7) is 0.0497. The molecule has 0 saturated carbocycles. The maximum Gasteiger partial charge on any atom is 0.417 e. The van der Waals surface area contributed by atoms with E-state index in [-0.39, 0.29) is 11.1 Å². The zero-order valence-corrected chi connectivity index (χ0v) is 15.1. The molecule has 1 aliphatic heterocycles. The molecule has 0 radical (unpaired) electrons. The molecule has 1 aliphatic rings. The second-order valence-corrected chi connectivity index (χ2v) is 8.18. The molecule has 0 bridgehead atoms. The van der Waals surface area contributed by atoms with Gasteiger partial charge in [-0.3, -0.25) is 0 Å². The molecule has 1 heterocycles. The summed E-state index contributed by atoms with van der Waals surface area (Å²) in [7, 11) is -4.36. The molecular formula is C16H13BrF3NO3S. The van der Waals surface area contributed by atoms with Crippen LogP contribution in [-0.2, 0) is 22.6 Å². The molecule has 9 heteroatoms. The van der Waals surface area contributed by atoms with Crippen molar-refractivity contribution in [3.05, 3.63) is 58.1 Å². The topological polar surface area (TPSA) is 55.4 Å². The van der Waals surface area contributed by atoms with Crippen LogP contribution < -0.4 is 9.46 Å². The minimum Gasteiger partial charge on any atom is -0.492 e. The van der Waals surface area contributed by atoms with Gasteiger partial charge in [-0.05, 0) is 36.2 Å². The molecule has 0 fully saturated rings. The highest BCUT2D eigenvalue weighted by atomic mass is 79.9. The molecule has 1 atom stereocenters. The SMILES string of the molecule is O=S(=O)(N[C@@H]1COc2ccccc2C1)c1ccc(Br)cc1C(F)(F)F. The number of halogens is 4. The molecule has 1 N–H and O–H groups in total. The fourth-order valence-electron chi connectivity index (χ4n) is 2.64. The van der Waals surface area contributed by atoms with Gasteiger partial charge in [0.1, 0.15) is 12.4 Å². The molecule has 0 spiro atoms. The van der Waals surface area contributed by atoms with Gasteiger partial charge in [0.15, 0.2) is 0 Å². The Morgan fingerprint density at radius 3 is 2.60 bits per heavy atom. The first-order chi connectivity index (χ1) is 11.7. The van der Waals surface area contributed by atoms with Crippen molar-refractivity contribution in [2.24, 2.45) is 0 Å². The Labute approximate surface area is 151 Å². The first-order valence-corrected chi connectivity index (χ1v) is 9.54. The van der Waals surface area contributed by atoms with E-state index in [0.717, 1.165) is 17.7 Å². The largest absolute Gasteiger partial charge is 0.492 e. The third kappa shape index (κ3) is 3.99. The van der Waals surface area contributed by atoms with Crippen molar-refractivity contribution < 1.29 is 26.3 Å². The Hall–Kier alpha value is -1.58. The number of alkyl halides is 3. The van der Waals surface area contributed by atoms with Crippen LogP contribution in [0, 0.1) is 0 Å². The lowest BCUT2D eigenvalue weighted by molar-refractivity contribution is -0.139. The summed E-state index contributed by atoms with van der Waals surface area (Å²) in [5, 5.41) is 0. The van der Waals surface area contributed by atoms with E-state index in [2.05, 4.69) is 20.7 Å². The van der Waals surface area contributed by atoms with Crippen LogP contribution in [0.5, 0.6) is 5.75 Å². The molecule has 0 unspecified atom stereocenters. The van der Waals surface area contributed by atoms with Gasteiger partial charge in [-0.1, -0.05) is 34.1 Å². The first kappa shape index (κ1) is 18.2. The second-order valence-electron chi connectivity index (χ2n) is 5.58. The molecule has 2 aromatic carbocycles. The van der Waals surface area contributed by atoms with E-state index >= 15 is 0 Å². The Balaban J connectivity index is 1.89. The molecule has 0 aliphatic carbocycles. The van der Waals surface area contributed by atoms with Crippen molar-refractivity contribution in [2.45, 2.75) is 23.5 Å². The average molecular weight is 436 g/mol. The van der Waals surface area contributed by atoms with Crippen molar-refractivity contribution >= 4 is 26.0 Å². The van der Waals surface area contributed by atoms with E-state index in [1.807, 2.05) is 0 Å². The lowest BCUT2D eigenvalue weighted by Crippen LogP contribution is -2.43. The van der Waals surface area contributed by atoms with Gasteiger partial charge in [0.25, 0.3) is 0 Å². The van der Waals surface area contributed by atoms with Crippen LogP contribution in [0.25, 0.3) is 0 Å². The van der Waals surface area contributed by atoms with Gasteiger partial charge in [-0.15, -0.1) is 0 Å². The van der Waals surface area contributed by atoms with Crippen LogP contribution in [-0.4, -0.2) is 21.1 Å². The number of benzene rings is 2. The quantitative estimate of drug-likeness (QED) is 0.798. The summed E-state index contributed by atoms with van der Waals surface area (Å²) < 4.78 is 72.5. The zero-order valence-electron chi connectivity index (χ0n) is 12.7. The smallest absolute Gasteiger partial charge is 0.417 e.